The van der Waals surface area contributed by atoms with Gasteiger partial charge in [0.05, 0.1) is 6.10 Å². The van der Waals surface area contributed by atoms with Crippen molar-refractivity contribution >= 4 is 11.6 Å². The molecule has 0 radical (unpaired) electrons. The van der Waals surface area contributed by atoms with Gasteiger partial charge in [0, 0.05) is 23.6 Å². The number of hydrogen-bond donors (Lipinski definition) is 2. The molecule has 3 rings (SSSR count). The molecule has 2 N–H and O–H groups in total. The van der Waals surface area contributed by atoms with Gasteiger partial charge in [-0.1, -0.05) is 29.8 Å². The Balaban J connectivity index is 1.97. The zero-order valence-electron chi connectivity index (χ0n) is 11.3. The van der Waals surface area contributed by atoms with Crippen LogP contribution in [0.3, 0.4) is 0 Å². The van der Waals surface area contributed by atoms with Gasteiger partial charge < -0.3 is 14.8 Å². The second-order valence-corrected chi connectivity index (χ2v) is 5.44. The van der Waals surface area contributed by atoms with Gasteiger partial charge in [0.25, 0.3) is 5.56 Å². The van der Waals surface area contributed by atoms with E-state index >= 15 is 0 Å². The van der Waals surface area contributed by atoms with Gasteiger partial charge in [0.1, 0.15) is 11.4 Å². The molecule has 110 valence electrons. The lowest BCUT2D eigenvalue weighted by Crippen LogP contribution is -2.18. The van der Waals surface area contributed by atoms with Crippen LogP contribution in [0.25, 0.3) is 11.1 Å². The molecular formula is C15H15ClN2O3. The molecule has 21 heavy (non-hydrogen) atoms. The Labute approximate surface area is 126 Å². The van der Waals surface area contributed by atoms with E-state index in [0.29, 0.717) is 22.8 Å². The highest BCUT2D eigenvalue weighted by atomic mass is 35.5. The molecule has 0 bridgehead atoms. The summed E-state index contributed by atoms with van der Waals surface area (Å²) >= 11 is 6.07. The number of rotatable bonds is 3. The van der Waals surface area contributed by atoms with Gasteiger partial charge in [0.2, 0.25) is 5.88 Å². The molecule has 1 aromatic carbocycles. The standard InChI is InChI=1S/C15H15ClN2O3/c16-11-6-2-1-5-10(11)13-14(19)17-12(18-15(13)20)8-9-4-3-7-21-9/h1-2,5-6,9H,3-4,7-8H2,(H2,17,18,19,20). The molecule has 1 aliphatic heterocycles. The van der Waals surface area contributed by atoms with Crippen molar-refractivity contribution < 1.29 is 9.84 Å². The Bertz CT molecular complexity index is 708. The smallest absolute Gasteiger partial charge is 0.262 e. The van der Waals surface area contributed by atoms with E-state index in [1.54, 1.807) is 24.3 Å². The number of hydrogen-bond acceptors (Lipinski definition) is 4. The van der Waals surface area contributed by atoms with Crippen molar-refractivity contribution in [3.63, 3.8) is 0 Å². The minimum Gasteiger partial charge on any atom is -0.493 e. The van der Waals surface area contributed by atoms with Gasteiger partial charge in [-0.15, -0.1) is 0 Å². The molecule has 1 atom stereocenters. The predicted octanol–water partition coefficient (Wildman–Crippen LogP) is 2.52. The summed E-state index contributed by atoms with van der Waals surface area (Å²) < 4.78 is 5.51. The van der Waals surface area contributed by atoms with Crippen LogP contribution in [0.1, 0.15) is 18.7 Å². The largest absolute Gasteiger partial charge is 0.493 e. The van der Waals surface area contributed by atoms with Crippen molar-refractivity contribution in [1.82, 2.24) is 9.97 Å². The van der Waals surface area contributed by atoms with Crippen molar-refractivity contribution in [3.8, 4) is 17.0 Å². The first-order valence-electron chi connectivity index (χ1n) is 6.84. The van der Waals surface area contributed by atoms with Crippen molar-refractivity contribution in [2.75, 3.05) is 6.61 Å². The Morgan fingerprint density at radius 1 is 1.43 bits per heavy atom. The van der Waals surface area contributed by atoms with Gasteiger partial charge in [-0.05, 0) is 18.9 Å². The Hall–Kier alpha value is -1.85. The molecule has 5 nitrogen and oxygen atoms in total. The number of nitrogens with one attached hydrogen (secondary N) is 1. The number of aromatic amines is 1. The van der Waals surface area contributed by atoms with E-state index < -0.39 is 5.56 Å². The molecule has 0 saturated carbocycles. The number of benzene rings is 1. The highest BCUT2D eigenvalue weighted by Crippen LogP contribution is 2.30. The van der Waals surface area contributed by atoms with E-state index in [4.69, 9.17) is 16.3 Å². The van der Waals surface area contributed by atoms with E-state index in [0.717, 1.165) is 19.4 Å². The highest BCUT2D eigenvalue weighted by molar-refractivity contribution is 6.33. The lowest BCUT2D eigenvalue weighted by molar-refractivity contribution is 0.109. The predicted molar refractivity (Wildman–Crippen MR) is 79.6 cm³/mol. The van der Waals surface area contributed by atoms with Gasteiger partial charge in [0.15, 0.2) is 0 Å². The molecule has 0 spiro atoms. The van der Waals surface area contributed by atoms with Gasteiger partial charge in [-0.3, -0.25) is 4.79 Å². The van der Waals surface area contributed by atoms with Crippen LogP contribution in [0.2, 0.25) is 5.02 Å². The van der Waals surface area contributed by atoms with E-state index in [9.17, 15) is 9.90 Å². The summed E-state index contributed by atoms with van der Waals surface area (Å²) in [5.41, 5.74) is 0.161. The summed E-state index contributed by atoms with van der Waals surface area (Å²) in [7, 11) is 0. The second-order valence-electron chi connectivity index (χ2n) is 5.03. The number of aromatic nitrogens is 2. The first kappa shape index (κ1) is 14.1. The summed E-state index contributed by atoms with van der Waals surface area (Å²) in [5.74, 6) is 0.125. The maximum Gasteiger partial charge on any atom is 0.262 e. The Morgan fingerprint density at radius 3 is 2.90 bits per heavy atom. The molecule has 0 amide bonds. The highest BCUT2D eigenvalue weighted by Gasteiger charge is 2.20. The first-order chi connectivity index (χ1) is 10.1. The van der Waals surface area contributed by atoms with Crippen LogP contribution in [-0.2, 0) is 11.2 Å². The molecule has 1 aromatic heterocycles. The first-order valence-corrected chi connectivity index (χ1v) is 7.21. The number of H-pyrrole nitrogens is 1. The number of aromatic hydroxyl groups is 1. The topological polar surface area (TPSA) is 75.2 Å². The molecule has 1 aliphatic rings. The minimum atomic E-state index is -0.399. The average molecular weight is 307 g/mol. The summed E-state index contributed by atoms with van der Waals surface area (Å²) in [5, 5.41) is 10.5. The SMILES string of the molecule is O=c1[nH]c(CC2CCCO2)nc(O)c1-c1ccccc1Cl. The van der Waals surface area contributed by atoms with Crippen LogP contribution in [0.5, 0.6) is 5.88 Å². The van der Waals surface area contributed by atoms with Crippen molar-refractivity contribution in [3.05, 3.63) is 45.5 Å². The van der Waals surface area contributed by atoms with Gasteiger partial charge >= 0.3 is 0 Å². The Morgan fingerprint density at radius 2 is 2.24 bits per heavy atom. The fraction of sp³-hybridized carbons (Fsp3) is 0.333. The van der Waals surface area contributed by atoms with Crippen molar-refractivity contribution in [2.45, 2.75) is 25.4 Å². The molecule has 2 aromatic rings. The van der Waals surface area contributed by atoms with Gasteiger partial charge in [-0.2, -0.15) is 4.98 Å². The summed E-state index contributed by atoms with van der Waals surface area (Å²) in [4.78, 5) is 19.0. The third-order valence-corrected chi connectivity index (χ3v) is 3.87. The zero-order valence-corrected chi connectivity index (χ0v) is 12.1. The normalized spacial score (nSPS) is 18.0. The van der Waals surface area contributed by atoms with Crippen LogP contribution >= 0.6 is 11.6 Å². The van der Waals surface area contributed by atoms with E-state index in [2.05, 4.69) is 9.97 Å². The quantitative estimate of drug-likeness (QED) is 0.913. The molecule has 6 heteroatoms. The fourth-order valence-electron chi connectivity index (χ4n) is 2.53. The van der Waals surface area contributed by atoms with E-state index in [-0.39, 0.29) is 17.5 Å². The van der Waals surface area contributed by atoms with E-state index in [1.807, 2.05) is 0 Å². The lowest BCUT2D eigenvalue weighted by atomic mass is 10.1. The molecule has 1 unspecified atom stereocenters. The maximum atomic E-state index is 12.2. The van der Waals surface area contributed by atoms with E-state index in [1.165, 1.54) is 0 Å². The minimum absolute atomic E-state index is 0.0544. The molecule has 1 fully saturated rings. The fourth-order valence-corrected chi connectivity index (χ4v) is 2.76. The number of halogens is 1. The summed E-state index contributed by atoms with van der Waals surface area (Å²) in [6, 6.07) is 6.85. The van der Waals surface area contributed by atoms with Crippen LogP contribution in [0.4, 0.5) is 0 Å². The molecule has 0 aliphatic carbocycles. The third-order valence-electron chi connectivity index (χ3n) is 3.54. The molecule has 1 saturated heterocycles. The van der Waals surface area contributed by atoms with Crippen LogP contribution < -0.4 is 5.56 Å². The average Bonchev–Trinajstić information content (AvgIpc) is 2.93. The lowest BCUT2D eigenvalue weighted by Gasteiger charge is -2.10. The zero-order chi connectivity index (χ0) is 14.8. The Kier molecular flexibility index (Phi) is 3.94. The van der Waals surface area contributed by atoms with Crippen molar-refractivity contribution in [1.29, 1.82) is 0 Å². The number of nitrogens with zero attached hydrogens (tertiary/aromatic N) is 1. The molecule has 2 heterocycles. The third kappa shape index (κ3) is 2.94. The number of ether oxygens (including phenoxy) is 1. The van der Waals surface area contributed by atoms with Crippen LogP contribution in [-0.4, -0.2) is 27.8 Å². The summed E-state index contributed by atoms with van der Waals surface area (Å²) in [6.07, 6.45) is 2.50. The van der Waals surface area contributed by atoms with Gasteiger partial charge in [-0.25, -0.2) is 0 Å². The second kappa shape index (κ2) is 5.87. The monoisotopic (exact) mass is 306 g/mol. The van der Waals surface area contributed by atoms with Crippen LogP contribution in [0, 0.1) is 0 Å². The maximum absolute atomic E-state index is 12.2. The summed E-state index contributed by atoms with van der Waals surface area (Å²) in [6.45, 7) is 0.735. The van der Waals surface area contributed by atoms with Crippen molar-refractivity contribution in [2.24, 2.45) is 0 Å². The van der Waals surface area contributed by atoms with Crippen LogP contribution in [0.15, 0.2) is 29.1 Å². The molecular weight excluding hydrogens is 292 g/mol.